The maximum atomic E-state index is 11.7. The van der Waals surface area contributed by atoms with Gasteiger partial charge in [0, 0.05) is 49.5 Å². The fourth-order valence-electron chi connectivity index (χ4n) is 4.03. The van der Waals surface area contributed by atoms with E-state index in [4.69, 9.17) is 19.4 Å². The van der Waals surface area contributed by atoms with Gasteiger partial charge in [0.1, 0.15) is 11.4 Å². The van der Waals surface area contributed by atoms with Crippen LogP contribution in [-0.2, 0) is 16.0 Å². The van der Waals surface area contributed by atoms with Gasteiger partial charge in [-0.3, -0.25) is 4.79 Å². The van der Waals surface area contributed by atoms with Gasteiger partial charge in [0.15, 0.2) is 0 Å². The molecule has 5 rings (SSSR count). The first-order valence-electron chi connectivity index (χ1n) is 11.3. The Balaban J connectivity index is 1.52. The van der Waals surface area contributed by atoms with Crippen molar-refractivity contribution < 1.29 is 14.3 Å². The number of carbonyl (C=O) groups excluding carboxylic acids is 1. The van der Waals surface area contributed by atoms with E-state index < -0.39 is 0 Å². The molecule has 178 valence electrons. The van der Waals surface area contributed by atoms with Crippen LogP contribution in [0.5, 0.6) is 11.6 Å². The maximum absolute atomic E-state index is 11.7. The van der Waals surface area contributed by atoms with Gasteiger partial charge in [0.05, 0.1) is 12.0 Å². The number of carbonyl (C=O) groups is 1. The minimum Gasteiger partial charge on any atom is -0.438 e. The number of hydrogen-bond acceptors (Lipinski definition) is 7. The number of ether oxygens (including phenoxy) is 2. The molecule has 1 amide bonds. The van der Waals surface area contributed by atoms with E-state index in [1.165, 1.54) is 11.6 Å². The van der Waals surface area contributed by atoms with E-state index >= 15 is 0 Å². The number of hydrogen-bond donors (Lipinski definition) is 3. The molecule has 1 aliphatic heterocycles. The lowest BCUT2D eigenvalue weighted by Gasteiger charge is -2.23. The van der Waals surface area contributed by atoms with Gasteiger partial charge in [-0.25, -0.2) is 0 Å². The summed E-state index contributed by atoms with van der Waals surface area (Å²) >= 11 is 0. The number of nitrogens with one attached hydrogen (secondary N) is 3. The lowest BCUT2D eigenvalue weighted by Crippen LogP contribution is -2.24. The third-order valence-electron chi connectivity index (χ3n) is 5.74. The van der Waals surface area contributed by atoms with Crippen molar-refractivity contribution in [3.05, 3.63) is 72.9 Å². The summed E-state index contributed by atoms with van der Waals surface area (Å²) in [6.07, 6.45) is 4.00. The standard InChI is InChI=1S/C26H26N6O3/c1-3-23(33)29-18-5-4-6-20(16-18)35-25-21-10-12-28-24(21)30-26(31-25)32(13-14-34-2)19-7-8-22-17(15-19)9-11-27-22/h3-8,10,12,15-16,27H,1,9,11,13-14H2,2H3,(H,29,33)(H,28,30,31). The van der Waals surface area contributed by atoms with Crippen LogP contribution in [0.2, 0.25) is 0 Å². The SMILES string of the molecule is C=CC(=O)Nc1cccc(Oc2nc(N(CCOC)c3ccc4c(c3)CCN4)nc3[nH]ccc23)c1. The van der Waals surface area contributed by atoms with Crippen molar-refractivity contribution >= 4 is 40.0 Å². The van der Waals surface area contributed by atoms with Crippen LogP contribution in [0, 0.1) is 0 Å². The first-order valence-corrected chi connectivity index (χ1v) is 11.3. The highest BCUT2D eigenvalue weighted by Gasteiger charge is 2.20. The van der Waals surface area contributed by atoms with Crippen LogP contribution in [0.25, 0.3) is 11.0 Å². The summed E-state index contributed by atoms with van der Waals surface area (Å²) in [4.78, 5) is 26.4. The monoisotopic (exact) mass is 470 g/mol. The molecule has 0 bridgehead atoms. The quantitative estimate of drug-likeness (QED) is 0.307. The molecule has 3 heterocycles. The first kappa shape index (κ1) is 22.4. The Morgan fingerprint density at radius 2 is 2.14 bits per heavy atom. The fraction of sp³-hybridized carbons (Fsp3) is 0.192. The number of amides is 1. The summed E-state index contributed by atoms with van der Waals surface area (Å²) in [6.45, 7) is 5.49. The molecule has 1 aliphatic rings. The molecule has 35 heavy (non-hydrogen) atoms. The number of aromatic nitrogens is 3. The van der Waals surface area contributed by atoms with Crippen molar-refractivity contribution in [1.82, 2.24) is 15.0 Å². The Labute approximate surface area is 202 Å². The van der Waals surface area contributed by atoms with Gasteiger partial charge in [-0.2, -0.15) is 9.97 Å². The van der Waals surface area contributed by atoms with E-state index in [9.17, 15) is 4.79 Å². The molecule has 9 heteroatoms. The molecule has 0 radical (unpaired) electrons. The van der Waals surface area contributed by atoms with E-state index in [1.807, 2.05) is 11.0 Å². The number of anilines is 4. The van der Waals surface area contributed by atoms with Crippen molar-refractivity contribution in [3.63, 3.8) is 0 Å². The number of fused-ring (bicyclic) bond motifs is 2. The van der Waals surface area contributed by atoms with Crippen molar-refractivity contribution in [1.29, 1.82) is 0 Å². The third kappa shape index (κ3) is 4.80. The smallest absolute Gasteiger partial charge is 0.247 e. The number of nitrogens with zero attached hydrogens (tertiary/aromatic N) is 3. The van der Waals surface area contributed by atoms with Crippen molar-refractivity contribution in [2.75, 3.05) is 42.3 Å². The maximum Gasteiger partial charge on any atom is 0.247 e. The number of methoxy groups -OCH3 is 1. The minimum atomic E-state index is -0.294. The predicted octanol–water partition coefficient (Wildman–Crippen LogP) is 4.63. The molecule has 0 atom stereocenters. The Morgan fingerprint density at radius 1 is 1.23 bits per heavy atom. The van der Waals surface area contributed by atoms with Crippen LogP contribution < -0.4 is 20.3 Å². The zero-order chi connectivity index (χ0) is 24.2. The molecule has 4 aromatic rings. The second kappa shape index (κ2) is 9.86. The normalized spacial score (nSPS) is 12.1. The van der Waals surface area contributed by atoms with E-state index in [0.29, 0.717) is 42.1 Å². The minimum absolute atomic E-state index is 0.294. The third-order valence-corrected chi connectivity index (χ3v) is 5.74. The molecule has 0 saturated carbocycles. The molecule has 0 saturated heterocycles. The second-order valence-electron chi connectivity index (χ2n) is 8.05. The number of rotatable bonds is 9. The van der Waals surface area contributed by atoms with Gasteiger partial charge < -0.3 is 30.0 Å². The Kier molecular flexibility index (Phi) is 6.32. The molecular weight excluding hydrogens is 444 g/mol. The lowest BCUT2D eigenvalue weighted by molar-refractivity contribution is -0.111. The predicted molar refractivity (Wildman–Crippen MR) is 137 cm³/mol. The number of aromatic amines is 1. The number of benzene rings is 2. The number of H-pyrrole nitrogens is 1. The van der Waals surface area contributed by atoms with E-state index in [1.54, 1.807) is 37.6 Å². The highest BCUT2D eigenvalue weighted by Crippen LogP contribution is 2.34. The Morgan fingerprint density at radius 3 is 3.00 bits per heavy atom. The van der Waals surface area contributed by atoms with Crippen LogP contribution >= 0.6 is 0 Å². The van der Waals surface area contributed by atoms with Gasteiger partial charge in [0.25, 0.3) is 0 Å². The highest BCUT2D eigenvalue weighted by molar-refractivity contribution is 5.99. The molecule has 0 aliphatic carbocycles. The van der Waals surface area contributed by atoms with Gasteiger partial charge >= 0.3 is 0 Å². The zero-order valence-corrected chi connectivity index (χ0v) is 19.4. The summed E-state index contributed by atoms with van der Waals surface area (Å²) < 4.78 is 11.6. The first-order chi connectivity index (χ1) is 17.1. The average Bonchev–Trinajstić information content (AvgIpc) is 3.54. The molecule has 2 aromatic heterocycles. The van der Waals surface area contributed by atoms with Crippen LogP contribution in [0.3, 0.4) is 0 Å². The lowest BCUT2D eigenvalue weighted by atomic mass is 10.1. The summed E-state index contributed by atoms with van der Waals surface area (Å²) in [5.41, 5.74) is 4.66. The molecular formula is C26H26N6O3. The summed E-state index contributed by atoms with van der Waals surface area (Å²) in [5.74, 6) is 1.14. The van der Waals surface area contributed by atoms with Gasteiger partial charge in [0.2, 0.25) is 17.7 Å². The molecule has 3 N–H and O–H groups in total. The van der Waals surface area contributed by atoms with Crippen LogP contribution in [0.1, 0.15) is 5.56 Å². The van der Waals surface area contributed by atoms with E-state index in [2.05, 4.69) is 40.4 Å². The molecule has 0 unspecified atom stereocenters. The van der Waals surface area contributed by atoms with Crippen molar-refractivity contribution in [2.45, 2.75) is 6.42 Å². The molecule has 9 nitrogen and oxygen atoms in total. The van der Waals surface area contributed by atoms with Gasteiger partial charge in [-0.15, -0.1) is 0 Å². The van der Waals surface area contributed by atoms with Crippen LogP contribution in [0.15, 0.2) is 67.4 Å². The zero-order valence-electron chi connectivity index (χ0n) is 19.4. The summed E-state index contributed by atoms with van der Waals surface area (Å²) in [6, 6.07) is 15.3. The fourth-order valence-corrected chi connectivity index (χ4v) is 4.03. The largest absolute Gasteiger partial charge is 0.438 e. The van der Waals surface area contributed by atoms with Crippen molar-refractivity contribution in [3.8, 4) is 11.6 Å². The Hall–Kier alpha value is -4.37. The molecule has 0 fully saturated rings. The highest BCUT2D eigenvalue weighted by atomic mass is 16.5. The second-order valence-corrected chi connectivity index (χ2v) is 8.05. The van der Waals surface area contributed by atoms with Crippen molar-refractivity contribution in [2.24, 2.45) is 0 Å². The van der Waals surface area contributed by atoms with E-state index in [0.717, 1.165) is 29.7 Å². The van der Waals surface area contributed by atoms with Crippen LogP contribution in [0.4, 0.5) is 23.0 Å². The molecule has 0 spiro atoms. The van der Waals surface area contributed by atoms with Crippen LogP contribution in [-0.4, -0.2) is 47.7 Å². The van der Waals surface area contributed by atoms with Gasteiger partial charge in [-0.05, 0) is 54.5 Å². The summed E-state index contributed by atoms with van der Waals surface area (Å²) in [5, 5.41) is 6.89. The average molecular weight is 471 g/mol. The Bertz CT molecular complexity index is 1380. The topological polar surface area (TPSA) is 104 Å². The summed E-state index contributed by atoms with van der Waals surface area (Å²) in [7, 11) is 1.67. The molecule has 2 aromatic carbocycles. The van der Waals surface area contributed by atoms with Gasteiger partial charge in [-0.1, -0.05) is 12.6 Å². The van der Waals surface area contributed by atoms with E-state index in [-0.39, 0.29) is 5.91 Å².